The van der Waals surface area contributed by atoms with Crippen LogP contribution in [0, 0.1) is 12.3 Å². The number of hydrogen-bond donors (Lipinski definition) is 2. The minimum absolute atomic E-state index is 0.105. The van der Waals surface area contributed by atoms with Crippen LogP contribution in [0.15, 0.2) is 53.5 Å². The molecule has 3 aromatic heterocycles. The average Bonchev–Trinajstić information content (AvgIpc) is 3.48. The van der Waals surface area contributed by atoms with Crippen LogP contribution in [0.4, 0.5) is 0 Å². The van der Waals surface area contributed by atoms with Crippen LogP contribution in [0.5, 0.6) is 0 Å². The fourth-order valence-electron chi connectivity index (χ4n) is 3.74. The first-order valence-corrected chi connectivity index (χ1v) is 12.8. The van der Waals surface area contributed by atoms with Crippen LogP contribution in [0.2, 0.25) is 5.02 Å². The summed E-state index contributed by atoms with van der Waals surface area (Å²) in [5.74, 6) is 2.16. The maximum atomic E-state index is 13.1. The number of terminal acetylenes is 1. The van der Waals surface area contributed by atoms with Crippen molar-refractivity contribution < 1.29 is 9.90 Å². The van der Waals surface area contributed by atoms with Gasteiger partial charge in [0.2, 0.25) is 5.43 Å². The number of thiophene rings is 2. The monoisotopic (exact) mass is 525 g/mol. The number of aromatic nitrogens is 1. The van der Waals surface area contributed by atoms with Gasteiger partial charge in [-0.05, 0) is 42.9 Å². The molecule has 0 saturated heterocycles. The molecule has 6 nitrogen and oxygen atoms in total. The standard InChI is InChI=1S/C26H24ClN3O3S2/c1-4-18-9-10-23(34-18)22(31)15-29(2)13-19-11-21-25(35-19)24(32)20(14-30(21)3)26(33)28-12-16-5-7-17(27)8-6-16/h1,5-11,14,22,31H,12-13,15H2,2-3H3,(H,28,33). The van der Waals surface area contributed by atoms with Crippen LogP contribution >= 0.6 is 34.3 Å². The molecule has 1 unspecified atom stereocenters. The molecule has 0 fully saturated rings. The van der Waals surface area contributed by atoms with Crippen molar-refractivity contribution in [3.63, 3.8) is 0 Å². The highest BCUT2D eigenvalue weighted by molar-refractivity contribution is 7.19. The number of carbonyl (C=O) groups is 1. The van der Waals surface area contributed by atoms with E-state index in [-0.39, 0.29) is 11.0 Å². The molecule has 1 atom stereocenters. The van der Waals surface area contributed by atoms with Gasteiger partial charge in [0, 0.05) is 47.7 Å². The van der Waals surface area contributed by atoms with Gasteiger partial charge in [-0.2, -0.15) is 0 Å². The lowest BCUT2D eigenvalue weighted by Gasteiger charge is -2.19. The summed E-state index contributed by atoms with van der Waals surface area (Å²) in [6.45, 7) is 1.28. The van der Waals surface area contributed by atoms with Crippen molar-refractivity contribution in [2.45, 2.75) is 19.2 Å². The Kier molecular flexibility index (Phi) is 7.75. The molecular formula is C26H24ClN3O3S2. The lowest BCUT2D eigenvalue weighted by Crippen LogP contribution is -2.29. The fourth-order valence-corrected chi connectivity index (χ4v) is 5.89. The van der Waals surface area contributed by atoms with Crippen LogP contribution in [-0.4, -0.2) is 34.1 Å². The third-order valence-electron chi connectivity index (χ3n) is 5.54. The predicted octanol–water partition coefficient (Wildman–Crippen LogP) is 4.39. The molecule has 4 aromatic rings. The van der Waals surface area contributed by atoms with E-state index in [1.807, 2.05) is 49.3 Å². The van der Waals surface area contributed by atoms with E-state index < -0.39 is 12.0 Å². The number of fused-ring (bicyclic) bond motifs is 1. The molecule has 1 amide bonds. The van der Waals surface area contributed by atoms with Crippen molar-refractivity contribution >= 4 is 50.4 Å². The number of amides is 1. The van der Waals surface area contributed by atoms with E-state index in [2.05, 4.69) is 11.2 Å². The highest BCUT2D eigenvalue weighted by Gasteiger charge is 2.18. The SMILES string of the molecule is C#Cc1ccc(C(O)CN(C)Cc2cc3c(s2)c(=O)c(C(=O)NCc2ccc(Cl)cc2)cn3C)s1. The lowest BCUT2D eigenvalue weighted by atomic mass is 10.2. The molecule has 0 spiro atoms. The van der Waals surface area contributed by atoms with Crippen LogP contribution in [0.3, 0.4) is 0 Å². The van der Waals surface area contributed by atoms with Gasteiger partial charge in [0.05, 0.1) is 15.1 Å². The zero-order chi connectivity index (χ0) is 25.1. The number of halogens is 1. The maximum Gasteiger partial charge on any atom is 0.257 e. The lowest BCUT2D eigenvalue weighted by molar-refractivity contribution is 0.0949. The van der Waals surface area contributed by atoms with Crippen LogP contribution in [0.1, 0.15) is 36.7 Å². The maximum absolute atomic E-state index is 13.1. The Morgan fingerprint density at radius 3 is 2.69 bits per heavy atom. The van der Waals surface area contributed by atoms with Crippen molar-refractivity contribution in [2.75, 3.05) is 13.6 Å². The van der Waals surface area contributed by atoms with Crippen LogP contribution < -0.4 is 10.7 Å². The van der Waals surface area contributed by atoms with Gasteiger partial charge in [-0.3, -0.25) is 14.5 Å². The van der Waals surface area contributed by atoms with Gasteiger partial charge in [0.15, 0.2) is 0 Å². The van der Waals surface area contributed by atoms with Crippen molar-refractivity contribution in [3.8, 4) is 12.3 Å². The summed E-state index contributed by atoms with van der Waals surface area (Å²) in [6.07, 6.45) is 6.34. The van der Waals surface area contributed by atoms with E-state index >= 15 is 0 Å². The third kappa shape index (κ3) is 5.84. The van der Waals surface area contributed by atoms with E-state index in [0.29, 0.717) is 29.4 Å². The van der Waals surface area contributed by atoms with Gasteiger partial charge in [-0.15, -0.1) is 29.1 Å². The van der Waals surface area contributed by atoms with Crippen LogP contribution in [-0.2, 0) is 20.1 Å². The zero-order valence-corrected chi connectivity index (χ0v) is 21.6. The number of nitrogens with zero attached hydrogens (tertiary/aromatic N) is 2. The molecule has 180 valence electrons. The first kappa shape index (κ1) is 25.2. The second-order valence-electron chi connectivity index (χ2n) is 8.28. The van der Waals surface area contributed by atoms with Gasteiger partial charge in [-0.25, -0.2) is 0 Å². The minimum atomic E-state index is -0.649. The topological polar surface area (TPSA) is 74.6 Å². The first-order valence-electron chi connectivity index (χ1n) is 10.8. The number of pyridine rings is 1. The number of benzene rings is 1. The van der Waals surface area contributed by atoms with E-state index in [4.69, 9.17) is 18.0 Å². The molecule has 0 aliphatic rings. The number of likely N-dealkylation sites (N-methyl/N-ethyl adjacent to an activating group) is 1. The average molecular weight is 526 g/mol. The normalized spacial score (nSPS) is 12.1. The summed E-state index contributed by atoms with van der Waals surface area (Å²) in [5, 5.41) is 14.0. The quantitative estimate of drug-likeness (QED) is 0.335. The third-order valence-corrected chi connectivity index (χ3v) is 8.01. The van der Waals surface area contributed by atoms with Crippen LogP contribution in [0.25, 0.3) is 10.2 Å². The van der Waals surface area contributed by atoms with Gasteiger partial charge in [0.25, 0.3) is 5.91 Å². The second-order valence-corrected chi connectivity index (χ2v) is 11.0. The fraction of sp³-hybridized carbons (Fsp3) is 0.231. The Hall–Kier alpha value is -2.93. The number of aliphatic hydroxyl groups excluding tert-OH is 1. The van der Waals surface area contributed by atoms with E-state index in [1.165, 1.54) is 22.7 Å². The predicted molar refractivity (Wildman–Crippen MR) is 143 cm³/mol. The zero-order valence-electron chi connectivity index (χ0n) is 19.2. The van der Waals surface area contributed by atoms with Gasteiger partial charge in [-0.1, -0.05) is 29.7 Å². The Morgan fingerprint density at radius 2 is 2.00 bits per heavy atom. The van der Waals surface area contributed by atoms with E-state index in [0.717, 1.165) is 25.7 Å². The molecule has 3 heterocycles. The summed E-state index contributed by atoms with van der Waals surface area (Å²) >= 11 is 8.68. The van der Waals surface area contributed by atoms with E-state index in [1.54, 1.807) is 22.9 Å². The molecule has 1 aromatic carbocycles. The van der Waals surface area contributed by atoms with Gasteiger partial charge < -0.3 is 15.0 Å². The summed E-state index contributed by atoms with van der Waals surface area (Å²) < 4.78 is 2.34. The minimum Gasteiger partial charge on any atom is -0.386 e. The number of aryl methyl sites for hydroxylation is 1. The number of carbonyl (C=O) groups excluding carboxylic acids is 1. The number of aliphatic hydroxyl groups is 1. The molecule has 0 saturated carbocycles. The van der Waals surface area contributed by atoms with Crippen molar-refractivity contribution in [3.05, 3.63) is 89.7 Å². The second kappa shape index (κ2) is 10.8. The Bertz CT molecular complexity index is 1460. The Morgan fingerprint density at radius 1 is 1.26 bits per heavy atom. The van der Waals surface area contributed by atoms with E-state index in [9.17, 15) is 14.7 Å². The molecule has 35 heavy (non-hydrogen) atoms. The van der Waals surface area contributed by atoms with Crippen molar-refractivity contribution in [2.24, 2.45) is 7.05 Å². The largest absolute Gasteiger partial charge is 0.386 e. The molecule has 0 radical (unpaired) electrons. The summed E-state index contributed by atoms with van der Waals surface area (Å²) in [4.78, 5) is 30.5. The summed E-state index contributed by atoms with van der Waals surface area (Å²) in [6, 6.07) is 12.8. The highest BCUT2D eigenvalue weighted by Crippen LogP contribution is 2.26. The smallest absolute Gasteiger partial charge is 0.257 e. The molecule has 2 N–H and O–H groups in total. The number of hydrogen-bond acceptors (Lipinski definition) is 6. The molecule has 0 aliphatic carbocycles. The Labute approximate surface area is 216 Å². The van der Waals surface area contributed by atoms with Crippen molar-refractivity contribution in [1.29, 1.82) is 0 Å². The Balaban J connectivity index is 1.47. The molecule has 0 bridgehead atoms. The first-order chi connectivity index (χ1) is 16.7. The highest BCUT2D eigenvalue weighted by atomic mass is 35.5. The molecular weight excluding hydrogens is 502 g/mol. The summed E-state index contributed by atoms with van der Waals surface area (Å²) in [5.41, 5.74) is 1.48. The van der Waals surface area contributed by atoms with Crippen molar-refractivity contribution in [1.82, 2.24) is 14.8 Å². The number of nitrogens with one attached hydrogen (secondary N) is 1. The molecule has 9 heteroatoms. The number of rotatable bonds is 8. The molecule has 0 aliphatic heterocycles. The van der Waals surface area contributed by atoms with Gasteiger partial charge in [0.1, 0.15) is 11.7 Å². The van der Waals surface area contributed by atoms with Gasteiger partial charge >= 0.3 is 0 Å². The summed E-state index contributed by atoms with van der Waals surface area (Å²) in [7, 11) is 3.73. The molecule has 4 rings (SSSR count).